The highest BCUT2D eigenvalue weighted by Crippen LogP contribution is 2.45. The Morgan fingerprint density at radius 2 is 1.92 bits per heavy atom. The molecule has 12 heavy (non-hydrogen) atoms. The van der Waals surface area contributed by atoms with Crippen LogP contribution in [0.1, 0.15) is 12.8 Å². The van der Waals surface area contributed by atoms with Gasteiger partial charge in [-0.2, -0.15) is 11.8 Å². The number of nitrogens with two attached hydrogens (primary N) is 1. The molecule has 0 spiro atoms. The maximum Gasteiger partial charge on any atom is 0.00729 e. The molecule has 1 saturated heterocycles. The summed E-state index contributed by atoms with van der Waals surface area (Å²) >= 11 is 2.08. The standard InChI is InChI=1S/C9H18N2S/c10-7-9(1-2-9)8-11-3-5-12-6-4-11/h1-8,10H2. The van der Waals surface area contributed by atoms with Crippen molar-refractivity contribution in [3.8, 4) is 0 Å². The third-order valence-corrected chi connectivity index (χ3v) is 4.00. The van der Waals surface area contributed by atoms with Crippen LogP contribution in [0.25, 0.3) is 0 Å². The van der Waals surface area contributed by atoms with Crippen molar-refractivity contribution in [2.45, 2.75) is 12.8 Å². The zero-order valence-electron chi connectivity index (χ0n) is 7.59. The highest BCUT2D eigenvalue weighted by atomic mass is 32.2. The van der Waals surface area contributed by atoms with Gasteiger partial charge in [0.05, 0.1) is 0 Å². The fourth-order valence-electron chi connectivity index (χ4n) is 1.84. The first-order chi connectivity index (χ1) is 5.85. The molecule has 2 fully saturated rings. The summed E-state index contributed by atoms with van der Waals surface area (Å²) in [6.45, 7) is 4.74. The molecule has 0 radical (unpaired) electrons. The molecule has 1 aliphatic carbocycles. The third-order valence-electron chi connectivity index (χ3n) is 3.05. The lowest BCUT2D eigenvalue weighted by Crippen LogP contribution is -2.39. The van der Waals surface area contributed by atoms with Crippen LogP contribution >= 0.6 is 11.8 Å². The maximum absolute atomic E-state index is 5.75. The van der Waals surface area contributed by atoms with Gasteiger partial charge in [-0.05, 0) is 24.8 Å². The van der Waals surface area contributed by atoms with Gasteiger partial charge in [-0.3, -0.25) is 0 Å². The highest BCUT2D eigenvalue weighted by molar-refractivity contribution is 7.99. The van der Waals surface area contributed by atoms with Gasteiger partial charge in [0.1, 0.15) is 0 Å². The number of hydrogen-bond donors (Lipinski definition) is 1. The van der Waals surface area contributed by atoms with Crippen LogP contribution in [-0.4, -0.2) is 42.6 Å². The van der Waals surface area contributed by atoms with E-state index in [9.17, 15) is 0 Å². The molecule has 1 heterocycles. The van der Waals surface area contributed by atoms with Gasteiger partial charge >= 0.3 is 0 Å². The quantitative estimate of drug-likeness (QED) is 0.706. The van der Waals surface area contributed by atoms with Gasteiger partial charge in [0, 0.05) is 31.1 Å². The molecule has 0 amide bonds. The SMILES string of the molecule is NCC1(CN2CCSCC2)CC1. The average molecular weight is 186 g/mol. The Labute approximate surface area is 78.9 Å². The van der Waals surface area contributed by atoms with Gasteiger partial charge < -0.3 is 10.6 Å². The smallest absolute Gasteiger partial charge is 0.00729 e. The normalized spacial score (nSPS) is 28.8. The van der Waals surface area contributed by atoms with E-state index in [-0.39, 0.29) is 0 Å². The van der Waals surface area contributed by atoms with E-state index in [1.807, 2.05) is 0 Å². The second-order valence-corrected chi connectivity index (χ2v) is 5.32. The number of nitrogens with zero attached hydrogens (tertiary/aromatic N) is 1. The molecule has 3 heteroatoms. The Morgan fingerprint density at radius 1 is 1.25 bits per heavy atom. The van der Waals surface area contributed by atoms with E-state index in [1.54, 1.807) is 0 Å². The fraction of sp³-hybridized carbons (Fsp3) is 1.00. The van der Waals surface area contributed by atoms with E-state index in [0.717, 1.165) is 6.54 Å². The molecule has 2 nitrogen and oxygen atoms in total. The van der Waals surface area contributed by atoms with Crippen LogP contribution in [0.5, 0.6) is 0 Å². The van der Waals surface area contributed by atoms with Gasteiger partial charge in [0.15, 0.2) is 0 Å². The second kappa shape index (κ2) is 3.56. The summed E-state index contributed by atoms with van der Waals surface area (Å²) < 4.78 is 0. The van der Waals surface area contributed by atoms with Gasteiger partial charge in [0.25, 0.3) is 0 Å². The molecule has 0 aromatic carbocycles. The zero-order chi connectivity index (χ0) is 8.44. The lowest BCUT2D eigenvalue weighted by Gasteiger charge is -2.29. The number of rotatable bonds is 3. The van der Waals surface area contributed by atoms with Crippen LogP contribution in [0.15, 0.2) is 0 Å². The molecule has 0 aromatic rings. The summed E-state index contributed by atoms with van der Waals surface area (Å²) in [4.78, 5) is 2.59. The Kier molecular flexibility index (Phi) is 2.63. The average Bonchev–Trinajstić information content (AvgIpc) is 2.88. The van der Waals surface area contributed by atoms with Crippen molar-refractivity contribution in [3.05, 3.63) is 0 Å². The summed E-state index contributed by atoms with van der Waals surface area (Å²) in [5, 5.41) is 0. The van der Waals surface area contributed by atoms with Crippen LogP contribution in [0, 0.1) is 5.41 Å². The third kappa shape index (κ3) is 1.95. The van der Waals surface area contributed by atoms with Crippen molar-refractivity contribution in [1.29, 1.82) is 0 Å². The van der Waals surface area contributed by atoms with Crippen LogP contribution in [0.2, 0.25) is 0 Å². The first-order valence-electron chi connectivity index (χ1n) is 4.85. The molecule has 1 aliphatic heterocycles. The molecule has 70 valence electrons. The van der Waals surface area contributed by atoms with Gasteiger partial charge in [-0.15, -0.1) is 0 Å². The minimum Gasteiger partial charge on any atom is -0.330 e. The van der Waals surface area contributed by atoms with Crippen LogP contribution in [0.4, 0.5) is 0 Å². The Hall–Kier alpha value is 0.270. The minimum absolute atomic E-state index is 0.544. The topological polar surface area (TPSA) is 29.3 Å². The van der Waals surface area contributed by atoms with Crippen LogP contribution in [0.3, 0.4) is 0 Å². The van der Waals surface area contributed by atoms with Crippen molar-refractivity contribution in [3.63, 3.8) is 0 Å². The number of thioether (sulfide) groups is 1. The van der Waals surface area contributed by atoms with Crippen molar-refractivity contribution in [1.82, 2.24) is 4.90 Å². The second-order valence-electron chi connectivity index (χ2n) is 4.09. The first kappa shape index (κ1) is 8.85. The fourth-order valence-corrected chi connectivity index (χ4v) is 2.82. The zero-order valence-corrected chi connectivity index (χ0v) is 8.41. The van der Waals surface area contributed by atoms with Crippen LogP contribution < -0.4 is 5.73 Å². The summed E-state index contributed by atoms with van der Waals surface area (Å²) in [5.74, 6) is 2.64. The molecule has 0 atom stereocenters. The lowest BCUT2D eigenvalue weighted by molar-refractivity contribution is 0.242. The van der Waals surface area contributed by atoms with Crippen molar-refractivity contribution in [2.75, 3.05) is 37.7 Å². The van der Waals surface area contributed by atoms with Gasteiger partial charge in [-0.1, -0.05) is 0 Å². The first-order valence-corrected chi connectivity index (χ1v) is 6.00. The molecule has 0 unspecified atom stereocenters. The minimum atomic E-state index is 0.544. The molecule has 2 rings (SSSR count). The Bertz CT molecular complexity index is 151. The van der Waals surface area contributed by atoms with Crippen molar-refractivity contribution >= 4 is 11.8 Å². The largest absolute Gasteiger partial charge is 0.330 e. The molecule has 2 N–H and O–H groups in total. The van der Waals surface area contributed by atoms with Gasteiger partial charge in [0.2, 0.25) is 0 Å². The van der Waals surface area contributed by atoms with Crippen molar-refractivity contribution in [2.24, 2.45) is 11.1 Å². The Morgan fingerprint density at radius 3 is 2.42 bits per heavy atom. The highest BCUT2D eigenvalue weighted by Gasteiger charge is 2.42. The van der Waals surface area contributed by atoms with E-state index in [0.29, 0.717) is 5.41 Å². The van der Waals surface area contributed by atoms with Crippen molar-refractivity contribution < 1.29 is 0 Å². The lowest BCUT2D eigenvalue weighted by atomic mass is 10.1. The molecule has 2 aliphatic rings. The monoisotopic (exact) mass is 186 g/mol. The Balaban J connectivity index is 1.77. The van der Waals surface area contributed by atoms with E-state index in [1.165, 1.54) is 44.0 Å². The van der Waals surface area contributed by atoms with E-state index >= 15 is 0 Å². The van der Waals surface area contributed by atoms with Gasteiger partial charge in [-0.25, -0.2) is 0 Å². The van der Waals surface area contributed by atoms with Crippen LogP contribution in [-0.2, 0) is 0 Å². The molecule has 0 aromatic heterocycles. The maximum atomic E-state index is 5.75. The van der Waals surface area contributed by atoms with E-state index in [4.69, 9.17) is 5.73 Å². The summed E-state index contributed by atoms with van der Waals surface area (Å²) in [6, 6.07) is 0. The number of hydrogen-bond acceptors (Lipinski definition) is 3. The molecule has 1 saturated carbocycles. The molecular formula is C9H18N2S. The molecular weight excluding hydrogens is 168 g/mol. The predicted molar refractivity (Wildman–Crippen MR) is 54.5 cm³/mol. The van der Waals surface area contributed by atoms with E-state index < -0.39 is 0 Å². The summed E-state index contributed by atoms with van der Waals surface area (Å²) in [7, 11) is 0. The summed E-state index contributed by atoms with van der Waals surface area (Å²) in [6.07, 6.45) is 2.74. The van der Waals surface area contributed by atoms with E-state index in [2.05, 4.69) is 16.7 Å². The predicted octanol–water partition coefficient (Wildman–Crippen LogP) is 0.774. The summed E-state index contributed by atoms with van der Waals surface area (Å²) in [5.41, 5.74) is 6.30. The molecule has 0 bridgehead atoms.